The summed E-state index contributed by atoms with van der Waals surface area (Å²) in [6.07, 6.45) is 0. The lowest BCUT2D eigenvalue weighted by molar-refractivity contribution is 0.569. The summed E-state index contributed by atoms with van der Waals surface area (Å²) in [7, 11) is -7.80. The van der Waals surface area contributed by atoms with Crippen molar-refractivity contribution < 1.29 is 21.2 Å². The fraction of sp³-hybridized carbons (Fsp3) is 0.200. The molecule has 0 bridgehead atoms. The van der Waals surface area contributed by atoms with Crippen LogP contribution in [0.15, 0.2) is 69.1 Å². The van der Waals surface area contributed by atoms with Gasteiger partial charge in [-0.05, 0) is 66.2 Å². The Morgan fingerprint density at radius 1 is 0.966 bits per heavy atom. The van der Waals surface area contributed by atoms with E-state index in [9.17, 15) is 21.2 Å². The summed E-state index contributed by atoms with van der Waals surface area (Å²) in [5.41, 5.74) is 2.07. The molecule has 1 N–H and O–H groups in total. The first-order chi connectivity index (χ1) is 13.6. The third-order valence-corrected chi connectivity index (χ3v) is 9.59. The van der Waals surface area contributed by atoms with Gasteiger partial charge >= 0.3 is 0 Å². The predicted molar refractivity (Wildman–Crippen MR) is 112 cm³/mol. The normalized spacial score (nSPS) is 13.3. The van der Waals surface area contributed by atoms with Crippen molar-refractivity contribution in [3.8, 4) is 0 Å². The van der Waals surface area contributed by atoms with Gasteiger partial charge in [-0.1, -0.05) is 24.3 Å². The van der Waals surface area contributed by atoms with Gasteiger partial charge in [0.15, 0.2) is 9.84 Å². The fourth-order valence-corrected chi connectivity index (χ4v) is 6.90. The molecule has 2 aromatic carbocycles. The van der Waals surface area contributed by atoms with Crippen LogP contribution in [-0.4, -0.2) is 23.4 Å². The molecule has 1 heterocycles. The molecule has 154 valence electrons. The first-order valence-corrected chi connectivity index (χ1v) is 12.6. The van der Waals surface area contributed by atoms with Crippen LogP contribution >= 0.6 is 11.3 Å². The van der Waals surface area contributed by atoms with E-state index in [0.717, 1.165) is 34.6 Å². The van der Waals surface area contributed by atoms with E-state index in [2.05, 4.69) is 4.72 Å². The summed E-state index contributed by atoms with van der Waals surface area (Å²) in [4.78, 5) is 0.0620. The Morgan fingerprint density at radius 3 is 2.24 bits per heavy atom. The molecule has 1 atom stereocenters. The van der Waals surface area contributed by atoms with Crippen molar-refractivity contribution in [2.24, 2.45) is 0 Å². The number of nitrogens with one attached hydrogen (secondary N) is 1. The van der Waals surface area contributed by atoms with Crippen molar-refractivity contribution in [2.75, 3.05) is 6.54 Å². The average Bonchev–Trinajstić information content (AvgIpc) is 3.21. The van der Waals surface area contributed by atoms with E-state index in [-0.39, 0.29) is 15.6 Å². The number of sulfonamides is 1. The summed E-state index contributed by atoms with van der Waals surface area (Å²) in [5.74, 6) is -0.503. The first kappa shape index (κ1) is 21.6. The van der Waals surface area contributed by atoms with Crippen LogP contribution < -0.4 is 4.72 Å². The van der Waals surface area contributed by atoms with Gasteiger partial charge in [-0.15, -0.1) is 11.3 Å². The molecular formula is C20H20FNO4S3. The number of sulfone groups is 1. The Labute approximate surface area is 174 Å². The molecular weight excluding hydrogens is 433 g/mol. The number of aryl methyl sites for hydroxylation is 2. The first-order valence-electron chi connectivity index (χ1n) is 8.71. The molecule has 0 aliphatic rings. The zero-order valence-electron chi connectivity index (χ0n) is 15.8. The molecule has 1 unspecified atom stereocenters. The van der Waals surface area contributed by atoms with E-state index in [1.165, 1.54) is 24.3 Å². The molecule has 5 nitrogen and oxygen atoms in total. The topological polar surface area (TPSA) is 80.3 Å². The van der Waals surface area contributed by atoms with E-state index >= 15 is 0 Å². The Hall–Kier alpha value is -2.07. The molecule has 0 saturated carbocycles. The zero-order chi connectivity index (χ0) is 21.2. The van der Waals surface area contributed by atoms with Crippen molar-refractivity contribution in [3.05, 3.63) is 82.5 Å². The van der Waals surface area contributed by atoms with E-state index in [1.807, 2.05) is 6.92 Å². The van der Waals surface area contributed by atoms with E-state index in [1.54, 1.807) is 30.5 Å². The molecule has 0 saturated heterocycles. The Bertz CT molecular complexity index is 1200. The summed E-state index contributed by atoms with van der Waals surface area (Å²) in [5, 5.41) is 0.441. The molecule has 1 aromatic heterocycles. The highest BCUT2D eigenvalue weighted by Gasteiger charge is 2.31. The van der Waals surface area contributed by atoms with Crippen LogP contribution in [-0.2, 0) is 19.9 Å². The molecule has 0 amide bonds. The van der Waals surface area contributed by atoms with Gasteiger partial charge in [0.05, 0.1) is 4.90 Å². The summed E-state index contributed by atoms with van der Waals surface area (Å²) in [6, 6.07) is 12.8. The van der Waals surface area contributed by atoms with Crippen LogP contribution in [0.5, 0.6) is 0 Å². The van der Waals surface area contributed by atoms with Crippen LogP contribution in [0.4, 0.5) is 4.39 Å². The molecule has 0 spiro atoms. The van der Waals surface area contributed by atoms with Gasteiger partial charge < -0.3 is 0 Å². The minimum absolute atomic E-state index is 0.0620. The number of hydrogen-bond acceptors (Lipinski definition) is 5. The highest BCUT2D eigenvalue weighted by atomic mass is 32.2. The molecule has 0 radical (unpaired) electrons. The molecule has 9 heteroatoms. The SMILES string of the molecule is Cc1ccc(S(=O)(=O)NCC(c2ccc(F)cc2)S(=O)(=O)c2cccs2)cc1C. The maximum atomic E-state index is 13.3. The zero-order valence-corrected chi connectivity index (χ0v) is 18.2. The van der Waals surface area contributed by atoms with Crippen LogP contribution in [0.25, 0.3) is 0 Å². The Kier molecular flexibility index (Phi) is 6.23. The Balaban J connectivity index is 1.95. The van der Waals surface area contributed by atoms with Gasteiger partial charge in [0.25, 0.3) is 0 Å². The van der Waals surface area contributed by atoms with Crippen molar-refractivity contribution in [1.82, 2.24) is 4.72 Å². The fourth-order valence-electron chi connectivity index (χ4n) is 2.80. The van der Waals surface area contributed by atoms with E-state index < -0.39 is 30.9 Å². The molecule has 0 fully saturated rings. The van der Waals surface area contributed by atoms with Gasteiger partial charge in [-0.25, -0.2) is 25.9 Å². The smallest absolute Gasteiger partial charge is 0.222 e. The molecule has 3 aromatic rings. The number of hydrogen-bond donors (Lipinski definition) is 1. The minimum atomic E-state index is -3.92. The summed E-state index contributed by atoms with van der Waals surface area (Å²) >= 11 is 1.05. The average molecular weight is 454 g/mol. The lowest BCUT2D eigenvalue weighted by Crippen LogP contribution is -2.32. The quantitative estimate of drug-likeness (QED) is 0.586. The monoisotopic (exact) mass is 453 g/mol. The minimum Gasteiger partial charge on any atom is -0.222 e. The van der Waals surface area contributed by atoms with Gasteiger partial charge in [0.1, 0.15) is 15.3 Å². The van der Waals surface area contributed by atoms with Crippen molar-refractivity contribution in [1.29, 1.82) is 0 Å². The highest BCUT2D eigenvalue weighted by molar-refractivity contribution is 7.93. The number of rotatable bonds is 7. The number of thiophene rings is 1. The van der Waals surface area contributed by atoms with Crippen LogP contribution in [0.3, 0.4) is 0 Å². The standard InChI is InChI=1S/C20H20FNO4S3/c1-14-5-10-18(12-15(14)2)29(25,26)22-13-19(16-6-8-17(21)9-7-16)28(23,24)20-4-3-11-27-20/h3-12,19,22H,13H2,1-2H3. The van der Waals surface area contributed by atoms with Gasteiger partial charge in [-0.2, -0.15) is 0 Å². The lowest BCUT2D eigenvalue weighted by atomic mass is 10.1. The van der Waals surface area contributed by atoms with Crippen LogP contribution in [0.1, 0.15) is 21.9 Å². The number of benzene rings is 2. The van der Waals surface area contributed by atoms with Crippen molar-refractivity contribution >= 4 is 31.2 Å². The second-order valence-electron chi connectivity index (χ2n) is 6.62. The Morgan fingerprint density at radius 2 is 1.66 bits per heavy atom. The van der Waals surface area contributed by atoms with Crippen molar-refractivity contribution in [2.45, 2.75) is 28.2 Å². The highest BCUT2D eigenvalue weighted by Crippen LogP contribution is 2.31. The van der Waals surface area contributed by atoms with Gasteiger partial charge in [0, 0.05) is 6.54 Å². The second-order valence-corrected chi connectivity index (χ2v) is 11.7. The molecule has 0 aliphatic heterocycles. The summed E-state index contributed by atoms with van der Waals surface area (Å²) < 4.78 is 67.6. The largest absolute Gasteiger partial charge is 0.240 e. The second kappa shape index (κ2) is 8.35. The van der Waals surface area contributed by atoms with Crippen molar-refractivity contribution in [3.63, 3.8) is 0 Å². The molecule has 29 heavy (non-hydrogen) atoms. The third kappa shape index (κ3) is 4.75. The van der Waals surface area contributed by atoms with Crippen LogP contribution in [0, 0.1) is 19.7 Å². The van der Waals surface area contributed by atoms with E-state index in [4.69, 9.17) is 0 Å². The van der Waals surface area contributed by atoms with E-state index in [0.29, 0.717) is 5.56 Å². The van der Waals surface area contributed by atoms with Gasteiger partial charge in [0.2, 0.25) is 10.0 Å². The van der Waals surface area contributed by atoms with Gasteiger partial charge in [-0.3, -0.25) is 0 Å². The maximum Gasteiger partial charge on any atom is 0.240 e. The molecule has 3 rings (SSSR count). The van der Waals surface area contributed by atoms with Crippen LogP contribution in [0.2, 0.25) is 0 Å². The molecule has 0 aliphatic carbocycles. The summed E-state index contributed by atoms with van der Waals surface area (Å²) in [6.45, 7) is 3.30. The maximum absolute atomic E-state index is 13.3. The predicted octanol–water partition coefficient (Wildman–Crippen LogP) is 4.00. The number of halogens is 1. The lowest BCUT2D eigenvalue weighted by Gasteiger charge is -2.18. The third-order valence-electron chi connectivity index (χ3n) is 4.64.